The molecule has 2 aliphatic heterocycles. The van der Waals surface area contributed by atoms with Gasteiger partial charge < -0.3 is 19.9 Å². The highest BCUT2D eigenvalue weighted by molar-refractivity contribution is 5.87. The summed E-state index contributed by atoms with van der Waals surface area (Å²) in [5, 5.41) is 6.85. The molecule has 6 nitrogen and oxygen atoms in total. The van der Waals surface area contributed by atoms with E-state index in [4.69, 9.17) is 19.9 Å². The lowest BCUT2D eigenvalue weighted by molar-refractivity contribution is 0.242. The molecule has 2 unspecified atom stereocenters. The van der Waals surface area contributed by atoms with Crippen molar-refractivity contribution >= 4 is 5.82 Å². The Kier molecular flexibility index (Phi) is 2.76. The van der Waals surface area contributed by atoms with Crippen LogP contribution in [0.5, 0.6) is 17.2 Å². The molecule has 0 amide bonds. The van der Waals surface area contributed by atoms with Gasteiger partial charge in [-0.25, -0.2) is 0 Å². The topological polar surface area (TPSA) is 82.4 Å². The van der Waals surface area contributed by atoms with Crippen molar-refractivity contribution in [1.29, 1.82) is 0 Å². The third-order valence-electron chi connectivity index (χ3n) is 4.32. The zero-order valence-electron chi connectivity index (χ0n) is 12.9. The third kappa shape index (κ3) is 1.70. The van der Waals surface area contributed by atoms with Crippen molar-refractivity contribution in [3.05, 3.63) is 17.3 Å². The van der Waals surface area contributed by atoms with Gasteiger partial charge in [-0.05, 0) is 13.8 Å². The second-order valence-electron chi connectivity index (χ2n) is 5.99. The SMILES string of the molecule is COc1c2c(c(-c3cn[nH]c3N)c3c1OC(C)C3)OC(C)C2. The summed E-state index contributed by atoms with van der Waals surface area (Å²) in [5.74, 6) is 3.01. The number of nitrogens with two attached hydrogens (primary N) is 1. The number of hydrogen-bond donors (Lipinski definition) is 2. The van der Waals surface area contributed by atoms with Gasteiger partial charge in [0.05, 0.1) is 13.3 Å². The maximum atomic E-state index is 6.09. The van der Waals surface area contributed by atoms with E-state index in [2.05, 4.69) is 24.0 Å². The number of aromatic nitrogens is 2. The Morgan fingerprint density at radius 1 is 1.18 bits per heavy atom. The third-order valence-corrected chi connectivity index (χ3v) is 4.32. The van der Waals surface area contributed by atoms with Crippen molar-refractivity contribution in [2.24, 2.45) is 0 Å². The van der Waals surface area contributed by atoms with E-state index in [0.29, 0.717) is 5.82 Å². The van der Waals surface area contributed by atoms with Gasteiger partial charge in [-0.15, -0.1) is 0 Å². The van der Waals surface area contributed by atoms with E-state index in [1.165, 1.54) is 0 Å². The van der Waals surface area contributed by atoms with E-state index in [-0.39, 0.29) is 12.2 Å². The molecule has 116 valence electrons. The van der Waals surface area contributed by atoms with Gasteiger partial charge in [0.15, 0.2) is 11.5 Å². The van der Waals surface area contributed by atoms with Crippen LogP contribution >= 0.6 is 0 Å². The van der Waals surface area contributed by atoms with Gasteiger partial charge >= 0.3 is 0 Å². The number of nitrogen functional groups attached to an aromatic ring is 1. The molecule has 0 fully saturated rings. The number of nitrogens with one attached hydrogen (secondary N) is 1. The Hall–Kier alpha value is -2.37. The summed E-state index contributed by atoms with van der Waals surface area (Å²) < 4.78 is 17.7. The Morgan fingerprint density at radius 2 is 1.86 bits per heavy atom. The summed E-state index contributed by atoms with van der Waals surface area (Å²) in [7, 11) is 1.68. The lowest BCUT2D eigenvalue weighted by Crippen LogP contribution is -2.07. The summed E-state index contributed by atoms with van der Waals surface area (Å²) in [5.41, 5.74) is 10.1. The molecule has 2 aromatic rings. The molecule has 0 radical (unpaired) electrons. The number of anilines is 1. The molecule has 2 aliphatic rings. The molecule has 1 aromatic carbocycles. The van der Waals surface area contributed by atoms with Gasteiger partial charge in [0.2, 0.25) is 0 Å². The molecule has 6 heteroatoms. The maximum absolute atomic E-state index is 6.09. The number of benzene rings is 1. The first-order valence-electron chi connectivity index (χ1n) is 7.48. The summed E-state index contributed by atoms with van der Waals surface area (Å²) in [4.78, 5) is 0. The average Bonchev–Trinajstić information content (AvgIpc) is 3.14. The number of methoxy groups -OCH3 is 1. The number of nitrogens with zero attached hydrogens (tertiary/aromatic N) is 1. The van der Waals surface area contributed by atoms with Crippen molar-refractivity contribution in [1.82, 2.24) is 10.2 Å². The highest BCUT2D eigenvalue weighted by Crippen LogP contribution is 2.54. The molecule has 0 saturated heterocycles. The smallest absolute Gasteiger partial charge is 0.168 e. The average molecular weight is 301 g/mol. The van der Waals surface area contributed by atoms with Gasteiger partial charge in [-0.1, -0.05) is 0 Å². The largest absolute Gasteiger partial charge is 0.492 e. The van der Waals surface area contributed by atoms with E-state index in [9.17, 15) is 0 Å². The number of aromatic amines is 1. The van der Waals surface area contributed by atoms with Crippen molar-refractivity contribution in [2.45, 2.75) is 38.9 Å². The zero-order valence-corrected chi connectivity index (χ0v) is 12.9. The fraction of sp³-hybridized carbons (Fsp3) is 0.438. The van der Waals surface area contributed by atoms with Crippen molar-refractivity contribution in [3.8, 4) is 28.4 Å². The summed E-state index contributed by atoms with van der Waals surface area (Å²) >= 11 is 0. The molecule has 1 aromatic heterocycles. The fourth-order valence-electron chi connectivity index (χ4n) is 3.47. The van der Waals surface area contributed by atoms with Crippen LogP contribution in [0.4, 0.5) is 5.82 Å². The molecule has 0 bridgehead atoms. The quantitative estimate of drug-likeness (QED) is 0.889. The van der Waals surface area contributed by atoms with Crippen LogP contribution in [0.3, 0.4) is 0 Å². The van der Waals surface area contributed by atoms with Gasteiger partial charge in [-0.3, -0.25) is 5.10 Å². The first-order chi connectivity index (χ1) is 10.6. The second-order valence-corrected chi connectivity index (χ2v) is 5.99. The zero-order chi connectivity index (χ0) is 15.4. The molecular formula is C16H19N3O3. The van der Waals surface area contributed by atoms with Crippen LogP contribution in [0.25, 0.3) is 11.1 Å². The monoisotopic (exact) mass is 301 g/mol. The molecule has 0 saturated carbocycles. The number of ether oxygens (including phenoxy) is 3. The highest BCUT2D eigenvalue weighted by Gasteiger charge is 2.37. The number of H-pyrrole nitrogens is 1. The maximum Gasteiger partial charge on any atom is 0.168 e. The molecule has 3 heterocycles. The van der Waals surface area contributed by atoms with Crippen LogP contribution in [0.2, 0.25) is 0 Å². The number of hydrogen-bond acceptors (Lipinski definition) is 5. The lowest BCUT2D eigenvalue weighted by atomic mass is 9.93. The summed E-state index contributed by atoms with van der Waals surface area (Å²) in [6.45, 7) is 4.10. The highest BCUT2D eigenvalue weighted by atomic mass is 16.5. The second kappa shape index (κ2) is 4.56. The Labute approximate surface area is 128 Å². The minimum Gasteiger partial charge on any atom is -0.492 e. The van der Waals surface area contributed by atoms with E-state index >= 15 is 0 Å². The Morgan fingerprint density at radius 3 is 2.50 bits per heavy atom. The van der Waals surface area contributed by atoms with E-state index < -0.39 is 0 Å². The van der Waals surface area contributed by atoms with Gasteiger partial charge in [0.1, 0.15) is 23.8 Å². The molecule has 2 atom stereocenters. The van der Waals surface area contributed by atoms with Crippen molar-refractivity contribution < 1.29 is 14.2 Å². The van der Waals surface area contributed by atoms with Crippen molar-refractivity contribution in [2.75, 3.05) is 12.8 Å². The van der Waals surface area contributed by atoms with E-state index in [0.717, 1.165) is 52.3 Å². The minimum absolute atomic E-state index is 0.107. The van der Waals surface area contributed by atoms with Gasteiger partial charge in [0, 0.05) is 35.1 Å². The first kappa shape index (κ1) is 13.3. The lowest BCUT2D eigenvalue weighted by Gasteiger charge is -2.16. The van der Waals surface area contributed by atoms with Gasteiger partial charge in [-0.2, -0.15) is 5.10 Å². The normalized spacial score (nSPS) is 22.0. The molecule has 0 aliphatic carbocycles. The standard InChI is InChI=1S/C16H19N3O3/c1-7-4-9-12(11-6-18-19-16(11)17)13-10(5-8(2)21-13)14(20-3)15(9)22-7/h6-8H,4-5H2,1-3H3,(H3,17,18,19). The van der Waals surface area contributed by atoms with E-state index in [1.807, 2.05) is 0 Å². The minimum atomic E-state index is 0.107. The van der Waals surface area contributed by atoms with Crippen LogP contribution in [0, 0.1) is 0 Å². The Bertz CT molecular complexity index is 714. The van der Waals surface area contributed by atoms with Crippen molar-refractivity contribution in [3.63, 3.8) is 0 Å². The van der Waals surface area contributed by atoms with Crippen LogP contribution in [-0.4, -0.2) is 29.5 Å². The van der Waals surface area contributed by atoms with E-state index in [1.54, 1.807) is 13.3 Å². The number of rotatable bonds is 2. The van der Waals surface area contributed by atoms with Crippen LogP contribution < -0.4 is 19.9 Å². The predicted molar refractivity (Wildman–Crippen MR) is 82.6 cm³/mol. The number of fused-ring (bicyclic) bond motifs is 2. The molecule has 4 rings (SSSR count). The molecule has 3 N–H and O–H groups in total. The van der Waals surface area contributed by atoms with Crippen LogP contribution in [0.1, 0.15) is 25.0 Å². The summed E-state index contributed by atoms with van der Waals surface area (Å²) in [6.07, 6.45) is 3.56. The Balaban J connectivity index is 2.05. The molecule has 0 spiro atoms. The van der Waals surface area contributed by atoms with Crippen LogP contribution in [0.15, 0.2) is 6.20 Å². The molecule has 22 heavy (non-hydrogen) atoms. The first-order valence-corrected chi connectivity index (χ1v) is 7.48. The van der Waals surface area contributed by atoms with Crippen LogP contribution in [-0.2, 0) is 12.8 Å². The summed E-state index contributed by atoms with van der Waals surface area (Å²) in [6, 6.07) is 0. The predicted octanol–water partition coefficient (Wildman–Crippen LogP) is 2.31. The van der Waals surface area contributed by atoms with Gasteiger partial charge in [0.25, 0.3) is 0 Å². The molecular weight excluding hydrogens is 282 g/mol. The fourth-order valence-corrected chi connectivity index (χ4v) is 3.47.